The Hall–Kier alpha value is -0.730. The van der Waals surface area contributed by atoms with Crippen molar-refractivity contribution in [2.45, 2.75) is 101 Å². The number of carbonyl (C=O) groups is 1. The zero-order valence-electron chi connectivity index (χ0n) is 16.5. The summed E-state index contributed by atoms with van der Waals surface area (Å²) in [5.41, 5.74) is -1.47. The van der Waals surface area contributed by atoms with E-state index in [0.717, 1.165) is 19.3 Å². The molecular weight excluding hydrogens is 352 g/mol. The standard InChI is InChI=1S/C20H36O7/c1-2-3-4-5-6-7-8-9-10-11-17(23)27-19(15-21)12-13-25-20(19)18(24)16(22)14-26-20/h16,18,21-22,24H,2-15H2,1H3/t16-,18+,19+,20-/m0/s1. The van der Waals surface area contributed by atoms with Crippen molar-refractivity contribution in [1.29, 1.82) is 0 Å². The summed E-state index contributed by atoms with van der Waals surface area (Å²) >= 11 is 0. The van der Waals surface area contributed by atoms with Crippen molar-refractivity contribution in [3.05, 3.63) is 0 Å². The Morgan fingerprint density at radius 2 is 1.67 bits per heavy atom. The molecule has 0 aliphatic carbocycles. The van der Waals surface area contributed by atoms with Crippen LogP contribution in [0.3, 0.4) is 0 Å². The lowest BCUT2D eigenvalue weighted by Gasteiger charge is -2.40. The molecule has 0 unspecified atom stereocenters. The number of aliphatic hydroxyl groups is 3. The van der Waals surface area contributed by atoms with Gasteiger partial charge in [-0.3, -0.25) is 4.79 Å². The van der Waals surface area contributed by atoms with Gasteiger partial charge in [0.05, 0.1) is 19.8 Å². The van der Waals surface area contributed by atoms with Crippen LogP contribution in [0.4, 0.5) is 0 Å². The maximum atomic E-state index is 12.3. The van der Waals surface area contributed by atoms with Gasteiger partial charge in [0.2, 0.25) is 5.79 Å². The number of hydrogen-bond donors (Lipinski definition) is 3. The Morgan fingerprint density at radius 1 is 1.04 bits per heavy atom. The Morgan fingerprint density at radius 3 is 2.22 bits per heavy atom. The zero-order chi connectivity index (χ0) is 19.8. The summed E-state index contributed by atoms with van der Waals surface area (Å²) in [6.45, 7) is 1.73. The van der Waals surface area contributed by atoms with E-state index < -0.39 is 36.2 Å². The molecule has 0 aromatic carbocycles. The summed E-state index contributed by atoms with van der Waals surface area (Å²) in [7, 11) is 0. The second-order valence-electron chi connectivity index (χ2n) is 7.79. The van der Waals surface area contributed by atoms with E-state index in [1.807, 2.05) is 0 Å². The van der Waals surface area contributed by atoms with Crippen molar-refractivity contribution in [2.24, 2.45) is 0 Å². The number of rotatable bonds is 12. The molecule has 0 aromatic rings. The van der Waals surface area contributed by atoms with Crippen LogP contribution in [0.25, 0.3) is 0 Å². The van der Waals surface area contributed by atoms with Crippen molar-refractivity contribution < 1.29 is 34.3 Å². The Bertz CT molecular complexity index is 458. The fourth-order valence-electron chi connectivity index (χ4n) is 4.03. The third kappa shape index (κ3) is 5.21. The predicted octanol–water partition coefficient (Wildman–Crippen LogP) is 2.05. The van der Waals surface area contributed by atoms with Gasteiger partial charge in [0, 0.05) is 12.8 Å². The zero-order valence-corrected chi connectivity index (χ0v) is 16.5. The van der Waals surface area contributed by atoms with Crippen molar-refractivity contribution in [3.63, 3.8) is 0 Å². The van der Waals surface area contributed by atoms with Gasteiger partial charge in [-0.15, -0.1) is 0 Å². The van der Waals surface area contributed by atoms with Crippen LogP contribution in [0.5, 0.6) is 0 Å². The molecule has 0 bridgehead atoms. The molecule has 2 rings (SSSR count). The van der Waals surface area contributed by atoms with Crippen LogP contribution in [0, 0.1) is 0 Å². The molecule has 0 amide bonds. The van der Waals surface area contributed by atoms with E-state index in [1.54, 1.807) is 0 Å². The SMILES string of the molecule is CCCCCCCCCCCC(=O)O[C@@]1(CO)CCO[C@@]12OC[C@H](O)[C@H]2O. The summed E-state index contributed by atoms with van der Waals surface area (Å²) in [6.07, 6.45) is 8.35. The van der Waals surface area contributed by atoms with E-state index in [4.69, 9.17) is 14.2 Å². The Labute approximate surface area is 162 Å². The summed E-state index contributed by atoms with van der Waals surface area (Å²) in [6, 6.07) is 0. The lowest BCUT2D eigenvalue weighted by molar-refractivity contribution is -0.301. The number of unbranched alkanes of at least 4 members (excludes halogenated alkanes) is 8. The van der Waals surface area contributed by atoms with Gasteiger partial charge in [-0.05, 0) is 6.42 Å². The summed E-state index contributed by atoms with van der Waals surface area (Å²) in [5, 5.41) is 30.0. The highest BCUT2D eigenvalue weighted by atomic mass is 16.8. The molecule has 4 atom stereocenters. The van der Waals surface area contributed by atoms with Gasteiger partial charge >= 0.3 is 5.97 Å². The van der Waals surface area contributed by atoms with E-state index >= 15 is 0 Å². The molecule has 2 heterocycles. The molecule has 1 spiro atoms. The van der Waals surface area contributed by atoms with Crippen LogP contribution in [0.15, 0.2) is 0 Å². The van der Waals surface area contributed by atoms with Gasteiger partial charge in [-0.1, -0.05) is 58.3 Å². The van der Waals surface area contributed by atoms with E-state index in [9.17, 15) is 20.1 Å². The van der Waals surface area contributed by atoms with Crippen molar-refractivity contribution in [3.8, 4) is 0 Å². The third-order valence-corrected chi connectivity index (χ3v) is 5.73. The monoisotopic (exact) mass is 388 g/mol. The lowest BCUT2D eigenvalue weighted by Crippen LogP contribution is -2.62. The molecule has 2 aliphatic heterocycles. The number of esters is 1. The first-order valence-corrected chi connectivity index (χ1v) is 10.5. The van der Waals surface area contributed by atoms with E-state index in [0.29, 0.717) is 0 Å². The maximum absolute atomic E-state index is 12.3. The van der Waals surface area contributed by atoms with Crippen molar-refractivity contribution in [2.75, 3.05) is 19.8 Å². The van der Waals surface area contributed by atoms with Crippen LogP contribution in [-0.4, -0.2) is 64.7 Å². The number of ether oxygens (including phenoxy) is 3. The minimum atomic E-state index is -1.69. The molecule has 27 heavy (non-hydrogen) atoms. The molecule has 158 valence electrons. The second kappa shape index (κ2) is 10.7. The number of carbonyl (C=O) groups excluding carboxylic acids is 1. The molecule has 0 aromatic heterocycles. The van der Waals surface area contributed by atoms with Crippen molar-refractivity contribution >= 4 is 5.97 Å². The molecule has 2 saturated heterocycles. The average Bonchev–Trinajstić information content (AvgIpc) is 3.17. The smallest absolute Gasteiger partial charge is 0.306 e. The minimum absolute atomic E-state index is 0.126. The van der Waals surface area contributed by atoms with Crippen LogP contribution < -0.4 is 0 Å². The van der Waals surface area contributed by atoms with Gasteiger partial charge in [0.25, 0.3) is 0 Å². The van der Waals surface area contributed by atoms with Crippen LogP contribution >= 0.6 is 0 Å². The van der Waals surface area contributed by atoms with E-state index in [2.05, 4.69) is 6.92 Å². The lowest BCUT2D eigenvalue weighted by atomic mass is 9.88. The first kappa shape index (κ1) is 22.6. The molecule has 3 N–H and O–H groups in total. The highest BCUT2D eigenvalue weighted by Crippen LogP contribution is 2.46. The van der Waals surface area contributed by atoms with Gasteiger partial charge in [0.15, 0.2) is 5.60 Å². The third-order valence-electron chi connectivity index (χ3n) is 5.73. The first-order valence-electron chi connectivity index (χ1n) is 10.5. The van der Waals surface area contributed by atoms with E-state index in [-0.39, 0.29) is 26.1 Å². The van der Waals surface area contributed by atoms with Crippen LogP contribution in [0.2, 0.25) is 0 Å². The summed E-state index contributed by atoms with van der Waals surface area (Å²) in [5.74, 6) is -2.12. The fraction of sp³-hybridized carbons (Fsp3) is 0.950. The molecule has 2 fully saturated rings. The highest BCUT2D eigenvalue weighted by molar-refractivity contribution is 5.70. The minimum Gasteiger partial charge on any atom is -0.451 e. The molecule has 0 saturated carbocycles. The maximum Gasteiger partial charge on any atom is 0.306 e. The van der Waals surface area contributed by atoms with Crippen LogP contribution in [0.1, 0.15) is 77.6 Å². The second-order valence-corrected chi connectivity index (χ2v) is 7.79. The Balaban J connectivity index is 1.72. The largest absolute Gasteiger partial charge is 0.451 e. The van der Waals surface area contributed by atoms with Gasteiger partial charge in [-0.25, -0.2) is 0 Å². The number of aliphatic hydroxyl groups excluding tert-OH is 3. The quantitative estimate of drug-likeness (QED) is 0.347. The van der Waals surface area contributed by atoms with Gasteiger partial charge in [-0.2, -0.15) is 0 Å². The first-order chi connectivity index (χ1) is 13.0. The van der Waals surface area contributed by atoms with E-state index in [1.165, 1.54) is 38.5 Å². The normalized spacial score (nSPS) is 33.0. The molecule has 7 heteroatoms. The summed E-state index contributed by atoms with van der Waals surface area (Å²) in [4.78, 5) is 12.3. The predicted molar refractivity (Wildman–Crippen MR) is 99.0 cm³/mol. The number of hydrogen-bond acceptors (Lipinski definition) is 7. The highest BCUT2D eigenvalue weighted by Gasteiger charge is 2.68. The van der Waals surface area contributed by atoms with Gasteiger partial charge < -0.3 is 29.5 Å². The Kier molecular flexibility index (Phi) is 8.95. The molecule has 7 nitrogen and oxygen atoms in total. The van der Waals surface area contributed by atoms with Crippen LogP contribution in [-0.2, 0) is 19.0 Å². The molecule has 2 aliphatic rings. The van der Waals surface area contributed by atoms with Gasteiger partial charge in [0.1, 0.15) is 12.2 Å². The summed E-state index contributed by atoms with van der Waals surface area (Å²) < 4.78 is 16.6. The fourth-order valence-corrected chi connectivity index (χ4v) is 4.03. The average molecular weight is 389 g/mol. The molecule has 0 radical (unpaired) electrons. The van der Waals surface area contributed by atoms with Crippen molar-refractivity contribution in [1.82, 2.24) is 0 Å². The topological polar surface area (TPSA) is 105 Å². The molecular formula is C20H36O7.